The average Bonchev–Trinajstić information content (AvgIpc) is 2.37. The van der Waals surface area contributed by atoms with Crippen molar-refractivity contribution in [1.82, 2.24) is 0 Å². The molecule has 1 unspecified atom stereocenters. The molecule has 6 nitrogen and oxygen atoms in total. The van der Waals surface area contributed by atoms with Gasteiger partial charge in [-0.25, -0.2) is 0 Å². The van der Waals surface area contributed by atoms with E-state index in [1.165, 1.54) is 0 Å². The van der Waals surface area contributed by atoms with Gasteiger partial charge in [0, 0.05) is 12.8 Å². The molecule has 0 radical (unpaired) electrons. The summed E-state index contributed by atoms with van der Waals surface area (Å²) in [7, 11) is 0. The zero-order chi connectivity index (χ0) is 15.1. The number of hydrogen-bond donors (Lipinski definition) is 2. The van der Waals surface area contributed by atoms with Crippen LogP contribution in [0.4, 0.5) is 0 Å². The third kappa shape index (κ3) is 16.9. The van der Waals surface area contributed by atoms with E-state index in [1.54, 1.807) is 6.92 Å². The van der Waals surface area contributed by atoms with Crippen LogP contribution in [0.5, 0.6) is 0 Å². The SMILES string of the molecule is CCCC(=O)OCC(C)OC(=O)CCC.OCCO. The zero-order valence-electron chi connectivity index (χ0n) is 12.1. The molecule has 0 saturated carbocycles. The van der Waals surface area contributed by atoms with Gasteiger partial charge in [-0.2, -0.15) is 0 Å². The summed E-state index contributed by atoms with van der Waals surface area (Å²) in [5.41, 5.74) is 0. The Hall–Kier alpha value is -1.14. The van der Waals surface area contributed by atoms with Crippen LogP contribution in [0.3, 0.4) is 0 Å². The van der Waals surface area contributed by atoms with E-state index in [2.05, 4.69) is 0 Å². The van der Waals surface area contributed by atoms with Gasteiger partial charge in [0.05, 0.1) is 13.2 Å². The van der Waals surface area contributed by atoms with Crippen molar-refractivity contribution in [3.8, 4) is 0 Å². The highest BCUT2D eigenvalue weighted by Gasteiger charge is 2.10. The highest BCUT2D eigenvalue weighted by molar-refractivity contribution is 5.70. The fraction of sp³-hybridized carbons (Fsp3) is 0.846. The van der Waals surface area contributed by atoms with Gasteiger partial charge >= 0.3 is 11.9 Å². The summed E-state index contributed by atoms with van der Waals surface area (Å²) in [5.74, 6) is -0.479. The third-order valence-electron chi connectivity index (χ3n) is 1.82. The molecule has 1 atom stereocenters. The molecular weight excluding hydrogens is 252 g/mol. The van der Waals surface area contributed by atoms with Crippen molar-refractivity contribution < 1.29 is 29.3 Å². The van der Waals surface area contributed by atoms with E-state index in [1.807, 2.05) is 13.8 Å². The lowest BCUT2D eigenvalue weighted by atomic mass is 10.3. The van der Waals surface area contributed by atoms with Gasteiger partial charge in [-0.3, -0.25) is 9.59 Å². The maximum atomic E-state index is 11.1. The maximum Gasteiger partial charge on any atom is 0.306 e. The molecule has 19 heavy (non-hydrogen) atoms. The quantitative estimate of drug-likeness (QED) is 0.644. The molecule has 0 aliphatic carbocycles. The highest BCUT2D eigenvalue weighted by atomic mass is 16.6. The molecule has 0 amide bonds. The van der Waals surface area contributed by atoms with E-state index in [0.717, 1.165) is 12.8 Å². The van der Waals surface area contributed by atoms with Crippen molar-refractivity contribution in [3.05, 3.63) is 0 Å². The molecule has 114 valence electrons. The Balaban J connectivity index is 0. The van der Waals surface area contributed by atoms with Crippen LogP contribution in [0.25, 0.3) is 0 Å². The Morgan fingerprint density at radius 2 is 1.47 bits per heavy atom. The van der Waals surface area contributed by atoms with Crippen LogP contribution in [0.2, 0.25) is 0 Å². The van der Waals surface area contributed by atoms with Gasteiger partial charge in [-0.15, -0.1) is 0 Å². The van der Waals surface area contributed by atoms with Gasteiger partial charge in [0.15, 0.2) is 0 Å². The molecule has 0 rings (SSSR count). The number of carbonyl (C=O) groups excluding carboxylic acids is 2. The summed E-state index contributed by atoms with van der Waals surface area (Å²) < 4.78 is 9.91. The monoisotopic (exact) mass is 278 g/mol. The molecule has 0 bridgehead atoms. The highest BCUT2D eigenvalue weighted by Crippen LogP contribution is 1.99. The lowest BCUT2D eigenvalue weighted by Crippen LogP contribution is -2.22. The van der Waals surface area contributed by atoms with E-state index in [4.69, 9.17) is 19.7 Å². The average molecular weight is 278 g/mol. The van der Waals surface area contributed by atoms with Crippen LogP contribution >= 0.6 is 0 Å². The summed E-state index contributed by atoms with van der Waals surface area (Å²) >= 11 is 0. The standard InChI is InChI=1S/C11H20O4.C2H6O2/c1-4-6-10(12)14-8-9(3)15-11(13)7-5-2;3-1-2-4/h9H,4-8H2,1-3H3;3-4H,1-2H2. The predicted octanol–water partition coefficient (Wildman–Crippen LogP) is 1.03. The summed E-state index contributed by atoms with van der Waals surface area (Å²) in [6, 6.07) is 0. The first-order valence-electron chi connectivity index (χ1n) is 6.58. The van der Waals surface area contributed by atoms with E-state index in [-0.39, 0.29) is 37.9 Å². The summed E-state index contributed by atoms with van der Waals surface area (Å²) in [5, 5.41) is 15.2. The van der Waals surface area contributed by atoms with Gasteiger partial charge in [-0.1, -0.05) is 13.8 Å². The molecule has 0 spiro atoms. The molecule has 0 saturated heterocycles. The minimum atomic E-state index is -0.357. The second-order valence-corrected chi connectivity index (χ2v) is 3.93. The van der Waals surface area contributed by atoms with Crippen molar-refractivity contribution in [2.24, 2.45) is 0 Å². The Morgan fingerprint density at radius 3 is 1.89 bits per heavy atom. The van der Waals surface area contributed by atoms with Gasteiger partial charge in [0.2, 0.25) is 0 Å². The molecule has 0 aromatic rings. The Kier molecular flexibility index (Phi) is 15.8. The predicted molar refractivity (Wildman–Crippen MR) is 70.5 cm³/mol. The first kappa shape index (κ1) is 20.2. The summed E-state index contributed by atoms with van der Waals surface area (Å²) in [6.07, 6.45) is 2.00. The summed E-state index contributed by atoms with van der Waals surface area (Å²) in [4.78, 5) is 22.1. The molecule has 0 fully saturated rings. The zero-order valence-corrected chi connectivity index (χ0v) is 12.1. The van der Waals surface area contributed by atoms with E-state index in [0.29, 0.717) is 12.8 Å². The fourth-order valence-electron chi connectivity index (χ4n) is 1.01. The number of ether oxygens (including phenoxy) is 2. The van der Waals surface area contributed by atoms with E-state index in [9.17, 15) is 9.59 Å². The number of aliphatic hydroxyl groups excluding tert-OH is 2. The van der Waals surface area contributed by atoms with Crippen molar-refractivity contribution in [3.63, 3.8) is 0 Å². The largest absolute Gasteiger partial charge is 0.462 e. The topological polar surface area (TPSA) is 93.1 Å². The Labute approximate surface area is 114 Å². The molecule has 6 heteroatoms. The number of aliphatic hydroxyl groups is 2. The first-order chi connectivity index (χ1) is 9.01. The maximum absolute atomic E-state index is 11.1. The first-order valence-corrected chi connectivity index (χ1v) is 6.58. The van der Waals surface area contributed by atoms with Crippen LogP contribution < -0.4 is 0 Å². The van der Waals surface area contributed by atoms with Gasteiger partial charge in [-0.05, 0) is 19.8 Å². The van der Waals surface area contributed by atoms with Gasteiger partial charge in [0.1, 0.15) is 12.7 Å². The van der Waals surface area contributed by atoms with Crippen LogP contribution in [0.1, 0.15) is 46.5 Å². The number of carbonyl (C=O) groups is 2. The lowest BCUT2D eigenvalue weighted by Gasteiger charge is -2.13. The van der Waals surface area contributed by atoms with Crippen molar-refractivity contribution in [1.29, 1.82) is 0 Å². The van der Waals surface area contributed by atoms with Crippen LogP contribution in [-0.2, 0) is 19.1 Å². The number of esters is 2. The second-order valence-electron chi connectivity index (χ2n) is 3.93. The van der Waals surface area contributed by atoms with Gasteiger partial charge < -0.3 is 19.7 Å². The Morgan fingerprint density at radius 1 is 1.00 bits per heavy atom. The van der Waals surface area contributed by atoms with Crippen molar-refractivity contribution >= 4 is 11.9 Å². The number of hydrogen-bond acceptors (Lipinski definition) is 6. The molecule has 0 aromatic carbocycles. The molecule has 0 aliphatic rings. The van der Waals surface area contributed by atoms with Crippen LogP contribution in [0.15, 0.2) is 0 Å². The third-order valence-corrected chi connectivity index (χ3v) is 1.82. The molecule has 2 N–H and O–H groups in total. The van der Waals surface area contributed by atoms with Crippen molar-refractivity contribution in [2.45, 2.75) is 52.6 Å². The minimum Gasteiger partial charge on any atom is -0.462 e. The normalized spacial score (nSPS) is 11.0. The van der Waals surface area contributed by atoms with E-state index < -0.39 is 0 Å². The Bertz CT molecular complexity index is 227. The molecular formula is C13H26O6. The van der Waals surface area contributed by atoms with Crippen LogP contribution in [0, 0.1) is 0 Å². The fourth-order valence-corrected chi connectivity index (χ4v) is 1.01. The minimum absolute atomic E-state index is 0.125. The second kappa shape index (κ2) is 14.9. The van der Waals surface area contributed by atoms with Gasteiger partial charge in [0.25, 0.3) is 0 Å². The molecule has 0 aromatic heterocycles. The van der Waals surface area contributed by atoms with Crippen molar-refractivity contribution in [2.75, 3.05) is 19.8 Å². The molecule has 0 aliphatic heterocycles. The van der Waals surface area contributed by atoms with Crippen LogP contribution in [-0.4, -0.2) is 48.1 Å². The smallest absolute Gasteiger partial charge is 0.306 e. The molecule has 0 heterocycles. The lowest BCUT2D eigenvalue weighted by molar-refractivity contribution is -0.158. The number of rotatable bonds is 8. The van der Waals surface area contributed by atoms with E-state index >= 15 is 0 Å². The summed E-state index contributed by atoms with van der Waals surface area (Å²) in [6.45, 7) is 5.43.